The minimum absolute atomic E-state index is 0.0644. The molecule has 4 heteroatoms. The van der Waals surface area contributed by atoms with E-state index >= 15 is 0 Å². The first-order valence-corrected chi connectivity index (χ1v) is 4.56. The summed E-state index contributed by atoms with van der Waals surface area (Å²) in [6.07, 6.45) is 1.63. The normalized spacial score (nSPS) is 11.9. The molecule has 0 aliphatic carbocycles. The molecule has 0 amide bonds. The van der Waals surface area contributed by atoms with Gasteiger partial charge in [-0.1, -0.05) is 12.1 Å². The fraction of sp³-hybridized carbons (Fsp3) is 0.182. The van der Waals surface area contributed by atoms with Gasteiger partial charge in [-0.2, -0.15) is 8.78 Å². The maximum Gasteiger partial charge on any atom is 0.285 e. The molecule has 0 fully saturated rings. The summed E-state index contributed by atoms with van der Waals surface area (Å²) in [5, 5.41) is 0.697. The molecule has 15 heavy (non-hydrogen) atoms. The van der Waals surface area contributed by atoms with Gasteiger partial charge in [0.2, 0.25) is 0 Å². The first-order chi connectivity index (χ1) is 7.13. The van der Waals surface area contributed by atoms with Crippen LogP contribution >= 0.6 is 0 Å². The van der Waals surface area contributed by atoms with Crippen LogP contribution in [-0.4, -0.2) is 11.5 Å². The number of halogens is 2. The average molecular weight is 208 g/mol. The molecular weight excluding hydrogens is 198 g/mol. The van der Waals surface area contributed by atoms with E-state index in [0.717, 1.165) is 0 Å². The first-order valence-electron chi connectivity index (χ1n) is 4.56. The van der Waals surface area contributed by atoms with Crippen LogP contribution in [0.1, 0.15) is 5.56 Å². The number of pyridine rings is 1. The lowest BCUT2D eigenvalue weighted by Gasteiger charge is -2.14. The van der Waals surface area contributed by atoms with E-state index < -0.39 is 12.5 Å². The summed E-state index contributed by atoms with van der Waals surface area (Å²) in [5.74, 6) is -2.97. The number of fused-ring (bicyclic) bond motifs is 1. The Morgan fingerprint density at radius 1 is 1.27 bits per heavy atom. The molecule has 1 aromatic heterocycles. The number of hydrogen-bond donors (Lipinski definition) is 1. The van der Waals surface area contributed by atoms with Crippen LogP contribution in [0, 0.1) is 0 Å². The van der Waals surface area contributed by atoms with E-state index in [1.54, 1.807) is 24.4 Å². The lowest BCUT2D eigenvalue weighted by atomic mass is 10.1. The van der Waals surface area contributed by atoms with Crippen molar-refractivity contribution in [2.75, 3.05) is 6.54 Å². The van der Waals surface area contributed by atoms with Crippen LogP contribution in [0.15, 0.2) is 36.5 Å². The van der Waals surface area contributed by atoms with Gasteiger partial charge in [-0.05, 0) is 18.2 Å². The maximum atomic E-state index is 13.3. The number of alkyl halides is 2. The third-order valence-electron chi connectivity index (χ3n) is 2.28. The zero-order valence-electron chi connectivity index (χ0n) is 7.95. The predicted molar refractivity (Wildman–Crippen MR) is 54.7 cm³/mol. The molecule has 0 bridgehead atoms. The number of benzene rings is 1. The molecule has 2 rings (SSSR count). The third-order valence-corrected chi connectivity index (χ3v) is 2.28. The molecule has 1 aromatic carbocycles. The highest BCUT2D eigenvalue weighted by Crippen LogP contribution is 2.28. The van der Waals surface area contributed by atoms with Crippen LogP contribution in [0.2, 0.25) is 0 Å². The van der Waals surface area contributed by atoms with Crippen molar-refractivity contribution in [3.63, 3.8) is 0 Å². The number of nitrogens with zero attached hydrogens (tertiary/aromatic N) is 1. The van der Waals surface area contributed by atoms with E-state index in [1.165, 1.54) is 12.1 Å². The highest BCUT2D eigenvalue weighted by molar-refractivity contribution is 5.79. The van der Waals surface area contributed by atoms with Crippen molar-refractivity contribution in [1.29, 1.82) is 0 Å². The van der Waals surface area contributed by atoms with Gasteiger partial charge in [-0.15, -0.1) is 0 Å². The zero-order chi connectivity index (χ0) is 10.9. The van der Waals surface area contributed by atoms with Crippen LogP contribution in [0.5, 0.6) is 0 Å². The maximum absolute atomic E-state index is 13.3. The third kappa shape index (κ3) is 1.80. The monoisotopic (exact) mass is 208 g/mol. The van der Waals surface area contributed by atoms with E-state index in [1.807, 2.05) is 0 Å². The predicted octanol–water partition coefficient (Wildman–Crippen LogP) is 2.29. The Kier molecular flexibility index (Phi) is 2.36. The second-order valence-electron chi connectivity index (χ2n) is 3.32. The Hall–Kier alpha value is -1.55. The summed E-state index contributed by atoms with van der Waals surface area (Å²) >= 11 is 0. The summed E-state index contributed by atoms with van der Waals surface area (Å²) in [6.45, 7) is -0.682. The van der Waals surface area contributed by atoms with Crippen molar-refractivity contribution in [1.82, 2.24) is 4.98 Å². The Morgan fingerprint density at radius 3 is 2.80 bits per heavy atom. The van der Waals surface area contributed by atoms with Gasteiger partial charge in [-0.25, -0.2) is 0 Å². The SMILES string of the molecule is NCC(F)(F)c1ccc2ncccc2c1. The topological polar surface area (TPSA) is 38.9 Å². The second-order valence-corrected chi connectivity index (χ2v) is 3.32. The molecule has 1 heterocycles. The fourth-order valence-electron chi connectivity index (χ4n) is 1.42. The van der Waals surface area contributed by atoms with E-state index in [-0.39, 0.29) is 5.56 Å². The summed E-state index contributed by atoms with van der Waals surface area (Å²) in [7, 11) is 0. The molecule has 0 aliphatic rings. The van der Waals surface area contributed by atoms with Crippen LogP contribution in [0.4, 0.5) is 8.78 Å². The highest BCUT2D eigenvalue weighted by atomic mass is 19.3. The molecule has 78 valence electrons. The molecule has 0 aliphatic heterocycles. The lowest BCUT2D eigenvalue weighted by Crippen LogP contribution is -2.24. The van der Waals surface area contributed by atoms with Crippen molar-refractivity contribution < 1.29 is 8.78 Å². The molecule has 0 saturated heterocycles. The number of aromatic nitrogens is 1. The average Bonchev–Trinajstić information content (AvgIpc) is 2.28. The molecule has 0 unspecified atom stereocenters. The summed E-state index contributed by atoms with van der Waals surface area (Å²) < 4.78 is 26.5. The molecule has 2 N–H and O–H groups in total. The van der Waals surface area contributed by atoms with Crippen LogP contribution in [0.3, 0.4) is 0 Å². The molecule has 0 radical (unpaired) electrons. The van der Waals surface area contributed by atoms with Crippen molar-refractivity contribution >= 4 is 10.9 Å². The quantitative estimate of drug-likeness (QED) is 0.822. The number of hydrogen-bond acceptors (Lipinski definition) is 2. The lowest BCUT2D eigenvalue weighted by molar-refractivity contribution is 0.00608. The zero-order valence-corrected chi connectivity index (χ0v) is 7.95. The summed E-state index contributed by atoms with van der Waals surface area (Å²) in [4.78, 5) is 4.05. The van der Waals surface area contributed by atoms with E-state index in [4.69, 9.17) is 5.73 Å². The Balaban J connectivity index is 2.56. The van der Waals surface area contributed by atoms with Crippen molar-refractivity contribution in [3.8, 4) is 0 Å². The second kappa shape index (κ2) is 3.55. The van der Waals surface area contributed by atoms with Gasteiger partial charge in [-0.3, -0.25) is 4.98 Å². The van der Waals surface area contributed by atoms with Gasteiger partial charge in [0.15, 0.2) is 0 Å². The van der Waals surface area contributed by atoms with Crippen LogP contribution in [-0.2, 0) is 5.92 Å². The molecular formula is C11H10F2N2. The molecule has 2 aromatic rings. The summed E-state index contributed by atoms with van der Waals surface area (Å²) in [5.41, 5.74) is 5.66. The van der Waals surface area contributed by atoms with Crippen molar-refractivity contribution in [2.24, 2.45) is 5.73 Å². The van der Waals surface area contributed by atoms with Crippen molar-refractivity contribution in [3.05, 3.63) is 42.1 Å². The van der Waals surface area contributed by atoms with Crippen molar-refractivity contribution in [2.45, 2.75) is 5.92 Å². The standard InChI is InChI=1S/C11H10F2N2/c12-11(13,7-14)9-3-4-10-8(6-9)2-1-5-15-10/h1-6H,7,14H2. The number of rotatable bonds is 2. The highest BCUT2D eigenvalue weighted by Gasteiger charge is 2.29. The smallest absolute Gasteiger partial charge is 0.285 e. The van der Waals surface area contributed by atoms with E-state index in [0.29, 0.717) is 10.9 Å². The minimum atomic E-state index is -2.97. The summed E-state index contributed by atoms with van der Waals surface area (Å²) in [6, 6.07) is 7.83. The molecule has 0 saturated carbocycles. The van der Waals surface area contributed by atoms with E-state index in [9.17, 15) is 8.78 Å². The Morgan fingerprint density at radius 2 is 2.07 bits per heavy atom. The fourth-order valence-corrected chi connectivity index (χ4v) is 1.42. The molecule has 0 atom stereocenters. The van der Waals surface area contributed by atoms with E-state index in [2.05, 4.69) is 4.98 Å². The van der Waals surface area contributed by atoms with Crippen LogP contribution in [0.25, 0.3) is 10.9 Å². The first kappa shape index (κ1) is 9.98. The van der Waals surface area contributed by atoms with Gasteiger partial charge in [0.1, 0.15) is 0 Å². The molecule has 0 spiro atoms. The van der Waals surface area contributed by atoms with Gasteiger partial charge in [0, 0.05) is 17.1 Å². The van der Waals surface area contributed by atoms with Gasteiger partial charge >= 0.3 is 0 Å². The van der Waals surface area contributed by atoms with Gasteiger partial charge in [0.25, 0.3) is 5.92 Å². The van der Waals surface area contributed by atoms with Gasteiger partial charge < -0.3 is 5.73 Å². The minimum Gasteiger partial charge on any atom is -0.325 e. The van der Waals surface area contributed by atoms with Crippen LogP contribution < -0.4 is 5.73 Å². The number of nitrogens with two attached hydrogens (primary N) is 1. The molecule has 2 nitrogen and oxygen atoms in total. The van der Waals surface area contributed by atoms with Gasteiger partial charge in [0.05, 0.1) is 12.1 Å². The largest absolute Gasteiger partial charge is 0.325 e. The Labute approximate surface area is 85.7 Å². The Bertz CT molecular complexity index is 483.